The van der Waals surface area contributed by atoms with Gasteiger partial charge in [-0.2, -0.15) is 0 Å². The molecule has 2 aromatic rings. The van der Waals surface area contributed by atoms with Gasteiger partial charge in [-0.1, -0.05) is 12.1 Å². The molecule has 2 aliphatic carbocycles. The third-order valence-corrected chi connectivity index (χ3v) is 4.89. The molecule has 0 radical (unpaired) electrons. The number of hydrogen-bond acceptors (Lipinski definition) is 2. The third-order valence-electron chi connectivity index (χ3n) is 4.89. The largest absolute Gasteiger partial charge is 0.269 e. The molecule has 0 saturated carbocycles. The maximum Gasteiger partial charge on any atom is 0.269 e. The Kier molecular flexibility index (Phi) is 2.81. The van der Waals surface area contributed by atoms with Gasteiger partial charge in [-0.25, -0.2) is 0 Å². The zero-order valence-electron chi connectivity index (χ0n) is 11.9. The summed E-state index contributed by atoms with van der Waals surface area (Å²) < 4.78 is 0. The highest BCUT2D eigenvalue weighted by Gasteiger charge is 2.23. The molecular formula is C18H17NO2. The van der Waals surface area contributed by atoms with Crippen LogP contribution in [0.5, 0.6) is 0 Å². The van der Waals surface area contributed by atoms with Crippen molar-refractivity contribution in [1.82, 2.24) is 0 Å². The molecule has 0 aromatic heterocycles. The van der Waals surface area contributed by atoms with Crippen molar-refractivity contribution >= 4 is 5.69 Å². The van der Waals surface area contributed by atoms with Crippen LogP contribution < -0.4 is 0 Å². The number of fused-ring (bicyclic) bond motifs is 5. The lowest BCUT2D eigenvalue weighted by molar-refractivity contribution is -0.384. The number of nitro groups is 1. The predicted octanol–water partition coefficient (Wildman–Crippen LogP) is 4.24. The molecule has 0 aliphatic heterocycles. The molecule has 0 saturated heterocycles. The summed E-state index contributed by atoms with van der Waals surface area (Å²) in [6.45, 7) is 0. The smallest absolute Gasteiger partial charge is 0.258 e. The van der Waals surface area contributed by atoms with Crippen molar-refractivity contribution in [2.45, 2.75) is 38.5 Å². The van der Waals surface area contributed by atoms with E-state index in [1.54, 1.807) is 17.7 Å². The fourth-order valence-electron chi connectivity index (χ4n) is 3.87. The third kappa shape index (κ3) is 1.96. The number of nitro benzene ring substituents is 1. The summed E-state index contributed by atoms with van der Waals surface area (Å²) in [5, 5.41) is 10.9. The van der Waals surface area contributed by atoms with Crippen LogP contribution in [-0.4, -0.2) is 4.92 Å². The van der Waals surface area contributed by atoms with Crippen LogP contribution in [0.15, 0.2) is 30.3 Å². The van der Waals surface area contributed by atoms with Gasteiger partial charge in [-0.05, 0) is 78.0 Å². The quantitative estimate of drug-likeness (QED) is 0.579. The van der Waals surface area contributed by atoms with Gasteiger partial charge in [0, 0.05) is 12.1 Å². The van der Waals surface area contributed by atoms with E-state index < -0.39 is 0 Å². The first-order valence-corrected chi connectivity index (χ1v) is 7.65. The van der Waals surface area contributed by atoms with E-state index in [1.165, 1.54) is 47.9 Å². The molecule has 0 unspecified atom stereocenters. The second kappa shape index (κ2) is 4.69. The first-order chi connectivity index (χ1) is 10.2. The first kappa shape index (κ1) is 12.6. The van der Waals surface area contributed by atoms with Crippen molar-refractivity contribution in [2.75, 3.05) is 0 Å². The Balaban J connectivity index is 1.88. The maximum absolute atomic E-state index is 10.9. The molecule has 21 heavy (non-hydrogen) atoms. The molecule has 0 amide bonds. The van der Waals surface area contributed by atoms with Crippen molar-refractivity contribution in [1.29, 1.82) is 0 Å². The van der Waals surface area contributed by atoms with Gasteiger partial charge in [-0.3, -0.25) is 10.1 Å². The highest BCUT2D eigenvalue weighted by atomic mass is 16.6. The van der Waals surface area contributed by atoms with Crippen molar-refractivity contribution in [3.63, 3.8) is 0 Å². The number of rotatable bonds is 1. The lowest BCUT2D eigenvalue weighted by Crippen LogP contribution is -2.12. The summed E-state index contributed by atoms with van der Waals surface area (Å²) >= 11 is 0. The number of nitrogens with zero attached hydrogens (tertiary/aromatic N) is 1. The lowest BCUT2D eigenvalue weighted by Gasteiger charge is -2.26. The Hall–Kier alpha value is -2.16. The predicted molar refractivity (Wildman–Crippen MR) is 82.6 cm³/mol. The van der Waals surface area contributed by atoms with Crippen molar-refractivity contribution < 1.29 is 4.92 Å². The summed E-state index contributed by atoms with van der Waals surface area (Å²) in [5.74, 6) is 0. The molecular weight excluding hydrogens is 262 g/mol. The van der Waals surface area contributed by atoms with Crippen molar-refractivity contribution in [3.8, 4) is 11.1 Å². The fourth-order valence-corrected chi connectivity index (χ4v) is 3.87. The lowest BCUT2D eigenvalue weighted by atomic mass is 9.78. The van der Waals surface area contributed by atoms with Gasteiger partial charge in [0.1, 0.15) is 0 Å². The highest BCUT2D eigenvalue weighted by molar-refractivity contribution is 5.76. The zero-order valence-corrected chi connectivity index (χ0v) is 11.9. The molecule has 0 atom stereocenters. The van der Waals surface area contributed by atoms with Gasteiger partial charge in [0.25, 0.3) is 5.69 Å². The highest BCUT2D eigenvalue weighted by Crippen LogP contribution is 2.39. The van der Waals surface area contributed by atoms with Crippen molar-refractivity contribution in [2.24, 2.45) is 0 Å². The molecule has 0 spiro atoms. The van der Waals surface area contributed by atoms with E-state index in [0.29, 0.717) is 0 Å². The van der Waals surface area contributed by atoms with Gasteiger partial charge >= 0.3 is 0 Å². The number of aryl methyl sites for hydroxylation is 2. The van der Waals surface area contributed by atoms with Crippen LogP contribution in [0.3, 0.4) is 0 Å². The van der Waals surface area contributed by atoms with E-state index in [9.17, 15) is 10.1 Å². The van der Waals surface area contributed by atoms with E-state index in [1.807, 2.05) is 6.07 Å². The van der Waals surface area contributed by atoms with Crippen molar-refractivity contribution in [3.05, 3.63) is 62.7 Å². The Labute approximate surface area is 123 Å². The molecule has 3 nitrogen and oxygen atoms in total. The van der Waals surface area contributed by atoms with E-state index in [2.05, 4.69) is 12.1 Å². The van der Waals surface area contributed by atoms with E-state index in [0.717, 1.165) is 18.4 Å². The van der Waals surface area contributed by atoms with Gasteiger partial charge in [-0.15, -0.1) is 0 Å². The van der Waals surface area contributed by atoms with Gasteiger partial charge in [0.05, 0.1) is 4.92 Å². The normalized spacial score (nSPS) is 15.8. The molecule has 0 fully saturated rings. The van der Waals surface area contributed by atoms with Crippen LogP contribution in [0.1, 0.15) is 35.1 Å². The average molecular weight is 279 g/mol. The molecule has 106 valence electrons. The SMILES string of the molecule is O=[N+]([O-])c1ccc2c(c1)CCc1c-2ccc2c1CCCC2. The van der Waals surface area contributed by atoms with Crippen LogP contribution in [0.2, 0.25) is 0 Å². The number of hydrogen-bond donors (Lipinski definition) is 0. The minimum atomic E-state index is -0.303. The topological polar surface area (TPSA) is 43.1 Å². The molecule has 0 N–H and O–H groups in total. The second-order valence-electron chi connectivity index (χ2n) is 6.04. The Morgan fingerprint density at radius 1 is 0.810 bits per heavy atom. The second-order valence-corrected chi connectivity index (χ2v) is 6.04. The van der Waals surface area contributed by atoms with Crippen LogP contribution in [0.4, 0.5) is 5.69 Å². The van der Waals surface area contributed by atoms with E-state index in [4.69, 9.17) is 0 Å². The molecule has 0 heterocycles. The standard InChI is InChI=1S/C18H17NO2/c20-19(21)14-7-10-16-13(11-14)6-9-17-15-4-2-1-3-12(15)5-8-18(16)17/h5,7-8,10-11H,1-4,6,9H2. The summed E-state index contributed by atoms with van der Waals surface area (Å²) in [6, 6.07) is 9.80. The summed E-state index contributed by atoms with van der Waals surface area (Å²) in [7, 11) is 0. The van der Waals surface area contributed by atoms with Gasteiger partial charge < -0.3 is 0 Å². The molecule has 2 aromatic carbocycles. The summed E-state index contributed by atoms with van der Waals surface area (Å²) in [4.78, 5) is 10.6. The number of benzene rings is 2. The monoisotopic (exact) mass is 279 g/mol. The summed E-state index contributed by atoms with van der Waals surface area (Å²) in [5.41, 5.74) is 8.38. The Bertz CT molecular complexity index is 749. The van der Waals surface area contributed by atoms with Crippen LogP contribution >= 0.6 is 0 Å². The first-order valence-electron chi connectivity index (χ1n) is 7.65. The fraction of sp³-hybridized carbons (Fsp3) is 0.333. The Morgan fingerprint density at radius 3 is 2.48 bits per heavy atom. The van der Waals surface area contributed by atoms with Gasteiger partial charge in [0.15, 0.2) is 0 Å². The van der Waals surface area contributed by atoms with Crippen LogP contribution in [0.25, 0.3) is 11.1 Å². The molecule has 0 bridgehead atoms. The van der Waals surface area contributed by atoms with Gasteiger partial charge in [0.2, 0.25) is 0 Å². The minimum absolute atomic E-state index is 0.204. The Morgan fingerprint density at radius 2 is 1.62 bits per heavy atom. The zero-order chi connectivity index (χ0) is 14.4. The van der Waals surface area contributed by atoms with Crippen LogP contribution in [0, 0.1) is 10.1 Å². The summed E-state index contributed by atoms with van der Waals surface area (Å²) in [6.07, 6.45) is 6.93. The molecule has 3 heteroatoms. The number of non-ortho nitro benzene ring substituents is 1. The van der Waals surface area contributed by atoms with E-state index >= 15 is 0 Å². The maximum atomic E-state index is 10.9. The average Bonchev–Trinajstić information content (AvgIpc) is 2.53. The molecule has 2 aliphatic rings. The van der Waals surface area contributed by atoms with E-state index in [-0.39, 0.29) is 10.6 Å². The molecule has 4 rings (SSSR count). The minimum Gasteiger partial charge on any atom is -0.258 e. The van der Waals surface area contributed by atoms with Crippen LogP contribution in [-0.2, 0) is 25.7 Å².